The number of nitrogens with one attached hydrogen (secondary N) is 1. The van der Waals surface area contributed by atoms with Gasteiger partial charge in [0.25, 0.3) is 0 Å². The van der Waals surface area contributed by atoms with E-state index in [9.17, 15) is 5.11 Å². The molecule has 0 radical (unpaired) electrons. The Kier molecular flexibility index (Phi) is 4.60. The van der Waals surface area contributed by atoms with Crippen LogP contribution in [0.25, 0.3) is 10.4 Å². The number of aromatic nitrogens is 1. The maximum atomic E-state index is 9.98. The largest absolute Gasteiger partial charge is 0.492 e. The first-order valence-corrected chi connectivity index (χ1v) is 6.99. The molecule has 0 bridgehead atoms. The predicted molar refractivity (Wildman–Crippen MR) is 84.5 cm³/mol. The van der Waals surface area contributed by atoms with Gasteiger partial charge in [-0.25, -0.2) is 0 Å². The monoisotopic (exact) mass is 340 g/mol. The van der Waals surface area contributed by atoms with Gasteiger partial charge in [0.1, 0.15) is 0 Å². The summed E-state index contributed by atoms with van der Waals surface area (Å²) >= 11 is 1.39. The zero-order chi connectivity index (χ0) is 12.5. The molecule has 1 aromatic heterocycles. The highest BCUT2D eigenvalue weighted by molar-refractivity contribution is 8.93. The molecule has 0 amide bonds. The van der Waals surface area contributed by atoms with Crippen LogP contribution in [-0.2, 0) is 0 Å². The van der Waals surface area contributed by atoms with Gasteiger partial charge >= 0.3 is 0 Å². The number of nitrogens with zero attached hydrogens (tertiary/aromatic N) is 1. The molecular weight excluding hydrogens is 324 g/mol. The molecule has 1 atom stereocenters. The third-order valence-corrected chi connectivity index (χ3v) is 4.39. The summed E-state index contributed by atoms with van der Waals surface area (Å²) in [6, 6.07) is 8.41. The first-order valence-electron chi connectivity index (χ1n) is 6.22. The number of aromatic hydroxyl groups is 1. The van der Waals surface area contributed by atoms with Crippen LogP contribution in [0, 0.1) is 6.92 Å². The van der Waals surface area contributed by atoms with Crippen molar-refractivity contribution in [1.82, 2.24) is 9.69 Å². The minimum Gasteiger partial charge on any atom is -0.492 e. The van der Waals surface area contributed by atoms with E-state index >= 15 is 0 Å². The van der Waals surface area contributed by atoms with Crippen molar-refractivity contribution in [2.24, 2.45) is 0 Å². The lowest BCUT2D eigenvalue weighted by atomic mass is 9.96. The molecule has 0 saturated carbocycles. The van der Waals surface area contributed by atoms with Gasteiger partial charge in [0.05, 0.1) is 4.88 Å². The molecule has 1 aromatic carbocycles. The third-order valence-electron chi connectivity index (χ3n) is 3.49. The van der Waals surface area contributed by atoms with Crippen molar-refractivity contribution in [3.63, 3.8) is 0 Å². The van der Waals surface area contributed by atoms with E-state index in [0.29, 0.717) is 5.92 Å². The first-order chi connectivity index (χ1) is 8.75. The second-order valence-corrected chi connectivity index (χ2v) is 5.58. The van der Waals surface area contributed by atoms with Crippen LogP contribution in [0.2, 0.25) is 0 Å². The topological polar surface area (TPSA) is 45.2 Å². The van der Waals surface area contributed by atoms with Gasteiger partial charge in [-0.3, -0.25) is 0 Å². The molecule has 0 aliphatic carbocycles. The van der Waals surface area contributed by atoms with Gasteiger partial charge in [-0.1, -0.05) is 29.8 Å². The van der Waals surface area contributed by atoms with Crippen LogP contribution in [0.5, 0.6) is 5.88 Å². The Hall–Kier alpha value is -0.910. The van der Waals surface area contributed by atoms with Crippen LogP contribution in [-0.4, -0.2) is 22.6 Å². The maximum Gasteiger partial charge on any atom is 0.226 e. The van der Waals surface area contributed by atoms with E-state index in [2.05, 4.69) is 40.9 Å². The molecule has 2 aromatic rings. The summed E-state index contributed by atoms with van der Waals surface area (Å²) < 4.78 is 4.13. The predicted octanol–water partition coefficient (Wildman–Crippen LogP) is 3.48. The minimum atomic E-state index is 0. The molecule has 102 valence electrons. The highest BCUT2D eigenvalue weighted by atomic mass is 79.9. The van der Waals surface area contributed by atoms with Gasteiger partial charge < -0.3 is 10.4 Å². The van der Waals surface area contributed by atoms with E-state index in [4.69, 9.17) is 0 Å². The summed E-state index contributed by atoms with van der Waals surface area (Å²) in [6.07, 6.45) is 1.07. The van der Waals surface area contributed by atoms with Crippen LogP contribution in [0.15, 0.2) is 24.3 Å². The van der Waals surface area contributed by atoms with Crippen LogP contribution < -0.4 is 5.32 Å². The second-order valence-electron chi connectivity index (χ2n) is 4.80. The Morgan fingerprint density at radius 1 is 1.32 bits per heavy atom. The lowest BCUT2D eigenvalue weighted by Gasteiger charge is -2.09. The average Bonchev–Trinajstić information content (AvgIpc) is 2.99. The summed E-state index contributed by atoms with van der Waals surface area (Å²) in [5, 5.41) is 13.3. The van der Waals surface area contributed by atoms with Crippen molar-refractivity contribution >= 4 is 28.5 Å². The van der Waals surface area contributed by atoms with Crippen molar-refractivity contribution in [3.05, 3.63) is 35.4 Å². The SMILES string of the molecule is Br.Cc1ccc(-c2snc(O)c2C2CCNC2)cc1. The van der Waals surface area contributed by atoms with Gasteiger partial charge in [0.2, 0.25) is 5.88 Å². The maximum absolute atomic E-state index is 9.98. The number of aryl methyl sites for hydroxylation is 1. The zero-order valence-corrected chi connectivity index (χ0v) is 13.2. The molecule has 2 heterocycles. The van der Waals surface area contributed by atoms with Crippen molar-refractivity contribution in [3.8, 4) is 16.3 Å². The highest BCUT2D eigenvalue weighted by Gasteiger charge is 2.26. The summed E-state index contributed by atoms with van der Waals surface area (Å²) in [7, 11) is 0. The Balaban J connectivity index is 0.00000133. The first kappa shape index (κ1) is 14.5. The van der Waals surface area contributed by atoms with E-state index < -0.39 is 0 Å². The molecular formula is C14H17BrN2OS. The van der Waals surface area contributed by atoms with E-state index in [-0.39, 0.29) is 22.9 Å². The van der Waals surface area contributed by atoms with Crippen LogP contribution in [0.3, 0.4) is 0 Å². The Morgan fingerprint density at radius 2 is 2.05 bits per heavy atom. The summed E-state index contributed by atoms with van der Waals surface area (Å²) in [5.41, 5.74) is 3.42. The van der Waals surface area contributed by atoms with Gasteiger partial charge in [-0.15, -0.1) is 17.0 Å². The molecule has 1 unspecified atom stereocenters. The number of hydrogen-bond donors (Lipinski definition) is 2. The fraction of sp³-hybridized carbons (Fsp3) is 0.357. The number of halogens is 1. The quantitative estimate of drug-likeness (QED) is 0.879. The van der Waals surface area contributed by atoms with Crippen molar-refractivity contribution < 1.29 is 5.11 Å². The average molecular weight is 341 g/mol. The van der Waals surface area contributed by atoms with E-state index in [1.807, 2.05) is 0 Å². The summed E-state index contributed by atoms with van der Waals surface area (Å²) in [5.74, 6) is 0.601. The molecule has 1 saturated heterocycles. The molecule has 0 spiro atoms. The van der Waals surface area contributed by atoms with Crippen LogP contribution in [0.1, 0.15) is 23.5 Å². The van der Waals surface area contributed by atoms with Crippen molar-refractivity contribution in [2.75, 3.05) is 13.1 Å². The van der Waals surface area contributed by atoms with Crippen LogP contribution >= 0.6 is 28.5 Å². The second kappa shape index (κ2) is 6.03. The lowest BCUT2D eigenvalue weighted by Crippen LogP contribution is -2.08. The Morgan fingerprint density at radius 3 is 2.68 bits per heavy atom. The molecule has 5 heteroatoms. The van der Waals surface area contributed by atoms with E-state index in [1.165, 1.54) is 17.1 Å². The molecule has 1 fully saturated rings. The van der Waals surface area contributed by atoms with Crippen LogP contribution in [0.4, 0.5) is 0 Å². The molecule has 3 nitrogen and oxygen atoms in total. The summed E-state index contributed by atoms with van der Waals surface area (Å²) in [4.78, 5) is 1.11. The normalized spacial score (nSPS) is 18.3. The number of rotatable bonds is 2. The third kappa shape index (κ3) is 2.83. The fourth-order valence-corrected chi connectivity index (χ4v) is 3.34. The molecule has 1 aliphatic heterocycles. The van der Waals surface area contributed by atoms with Gasteiger partial charge in [-0.05, 0) is 37.0 Å². The van der Waals surface area contributed by atoms with Gasteiger partial charge in [0, 0.05) is 18.0 Å². The zero-order valence-electron chi connectivity index (χ0n) is 10.7. The van der Waals surface area contributed by atoms with E-state index in [0.717, 1.165) is 35.5 Å². The van der Waals surface area contributed by atoms with E-state index in [1.54, 1.807) is 0 Å². The van der Waals surface area contributed by atoms with Crippen molar-refractivity contribution in [1.29, 1.82) is 0 Å². The Labute approximate surface area is 127 Å². The number of benzene rings is 1. The lowest BCUT2D eigenvalue weighted by molar-refractivity contribution is 0.448. The highest BCUT2D eigenvalue weighted by Crippen LogP contribution is 2.40. The Bertz CT molecular complexity index is 547. The standard InChI is InChI=1S/C14H16N2OS.BrH/c1-9-2-4-10(5-3-9)13-12(14(17)16-18-13)11-6-7-15-8-11;/h2-5,11,15H,6-8H2,1H3,(H,16,17);1H. The summed E-state index contributed by atoms with van der Waals surface area (Å²) in [6.45, 7) is 4.04. The van der Waals surface area contributed by atoms with Gasteiger partial charge in [-0.2, -0.15) is 4.37 Å². The molecule has 19 heavy (non-hydrogen) atoms. The fourth-order valence-electron chi connectivity index (χ4n) is 2.47. The molecule has 2 N–H and O–H groups in total. The van der Waals surface area contributed by atoms with Crippen molar-refractivity contribution in [2.45, 2.75) is 19.3 Å². The van der Waals surface area contributed by atoms with Gasteiger partial charge in [0.15, 0.2) is 0 Å². The molecule has 3 rings (SSSR count). The number of hydrogen-bond acceptors (Lipinski definition) is 4. The smallest absolute Gasteiger partial charge is 0.226 e. The molecule has 1 aliphatic rings. The minimum absolute atomic E-state index is 0.